The number of carbonyl (C=O) groups excluding carboxylic acids is 1. The molecule has 2 atom stereocenters. The zero-order valence-corrected chi connectivity index (χ0v) is 11.9. The molecule has 1 aliphatic rings. The molecule has 0 saturated carbocycles. The summed E-state index contributed by atoms with van der Waals surface area (Å²) >= 11 is 0. The number of rotatable bonds is 4. The lowest BCUT2D eigenvalue weighted by molar-refractivity contribution is 0.100. The molecular formula is C14H22N4O2. The van der Waals surface area contributed by atoms with Crippen LogP contribution in [-0.4, -0.2) is 55.2 Å². The number of aliphatic hydroxyl groups is 1. The predicted octanol–water partition coefficient (Wildman–Crippen LogP) is -0.131. The monoisotopic (exact) mass is 278 g/mol. The maximum Gasteiger partial charge on any atom is 0.248 e. The fraction of sp³-hybridized carbons (Fsp3) is 0.500. The van der Waals surface area contributed by atoms with E-state index in [1.807, 2.05) is 14.1 Å². The second-order valence-electron chi connectivity index (χ2n) is 5.60. The van der Waals surface area contributed by atoms with E-state index in [9.17, 15) is 9.90 Å². The van der Waals surface area contributed by atoms with Gasteiger partial charge in [-0.2, -0.15) is 0 Å². The molecule has 110 valence electrons. The number of amides is 1. The fourth-order valence-corrected chi connectivity index (χ4v) is 2.73. The fourth-order valence-electron chi connectivity index (χ4n) is 2.73. The van der Waals surface area contributed by atoms with Crippen LogP contribution in [0.25, 0.3) is 0 Å². The summed E-state index contributed by atoms with van der Waals surface area (Å²) in [4.78, 5) is 15.4. The molecule has 1 fully saturated rings. The first-order chi connectivity index (χ1) is 9.38. The van der Waals surface area contributed by atoms with Crippen LogP contribution in [-0.2, 0) is 0 Å². The van der Waals surface area contributed by atoms with Gasteiger partial charge in [-0.15, -0.1) is 0 Å². The van der Waals surface area contributed by atoms with E-state index in [0.717, 1.165) is 12.2 Å². The van der Waals surface area contributed by atoms with E-state index in [4.69, 9.17) is 11.5 Å². The second-order valence-corrected chi connectivity index (χ2v) is 5.60. The van der Waals surface area contributed by atoms with Crippen molar-refractivity contribution in [2.24, 2.45) is 5.73 Å². The second kappa shape index (κ2) is 5.68. The van der Waals surface area contributed by atoms with E-state index in [0.29, 0.717) is 24.2 Å². The van der Waals surface area contributed by atoms with E-state index in [2.05, 4.69) is 9.80 Å². The highest BCUT2D eigenvalue weighted by molar-refractivity contribution is 5.95. The summed E-state index contributed by atoms with van der Waals surface area (Å²) in [6.45, 7) is 1.34. The summed E-state index contributed by atoms with van der Waals surface area (Å²) in [5, 5.41) is 9.92. The topological polar surface area (TPSA) is 95.8 Å². The highest BCUT2D eigenvalue weighted by Gasteiger charge is 2.32. The quantitative estimate of drug-likeness (QED) is 0.667. The van der Waals surface area contributed by atoms with Gasteiger partial charge in [0.2, 0.25) is 5.91 Å². The molecule has 0 radical (unpaired) electrons. The molecule has 1 aromatic carbocycles. The van der Waals surface area contributed by atoms with E-state index in [-0.39, 0.29) is 12.1 Å². The van der Waals surface area contributed by atoms with Gasteiger partial charge in [-0.05, 0) is 38.7 Å². The molecule has 0 spiro atoms. The highest BCUT2D eigenvalue weighted by Crippen LogP contribution is 2.31. The maximum absolute atomic E-state index is 11.3. The summed E-state index contributed by atoms with van der Waals surface area (Å²) in [6, 6.07) is 5.19. The lowest BCUT2D eigenvalue weighted by Crippen LogP contribution is -2.38. The van der Waals surface area contributed by atoms with Gasteiger partial charge in [-0.25, -0.2) is 0 Å². The minimum Gasteiger partial charge on any atom is -0.397 e. The average molecular weight is 278 g/mol. The number of anilines is 2. The first-order valence-corrected chi connectivity index (χ1v) is 6.67. The molecule has 1 aromatic rings. The van der Waals surface area contributed by atoms with Gasteiger partial charge in [0, 0.05) is 24.7 Å². The molecule has 6 nitrogen and oxygen atoms in total. The van der Waals surface area contributed by atoms with Gasteiger partial charge >= 0.3 is 0 Å². The zero-order chi connectivity index (χ0) is 14.9. The number of nitrogens with zero attached hydrogens (tertiary/aromatic N) is 2. The van der Waals surface area contributed by atoms with Crippen LogP contribution in [0.1, 0.15) is 16.8 Å². The van der Waals surface area contributed by atoms with E-state index < -0.39 is 5.91 Å². The molecule has 1 saturated heterocycles. The number of nitrogens with two attached hydrogens (primary N) is 2. The van der Waals surface area contributed by atoms with Gasteiger partial charge in [0.05, 0.1) is 17.5 Å². The van der Waals surface area contributed by atoms with E-state index in [1.54, 1.807) is 18.2 Å². The molecule has 0 aliphatic carbocycles. The molecule has 5 N–H and O–H groups in total. The van der Waals surface area contributed by atoms with Crippen LogP contribution in [0.3, 0.4) is 0 Å². The van der Waals surface area contributed by atoms with Crippen LogP contribution in [0, 0.1) is 0 Å². The standard InChI is InChI=1S/C14H22N4O2/c1-17(2)7-10-6-11(19)8-18(10)13-5-9(14(16)20)3-4-12(13)15/h3-5,10-11,19H,6-8,15H2,1-2H3,(H2,16,20). The minimum atomic E-state index is -0.477. The molecule has 1 aliphatic heterocycles. The smallest absolute Gasteiger partial charge is 0.248 e. The van der Waals surface area contributed by atoms with Gasteiger partial charge < -0.3 is 26.4 Å². The summed E-state index contributed by atoms with van der Waals surface area (Å²) in [7, 11) is 3.98. The third-order valence-corrected chi connectivity index (χ3v) is 3.59. The zero-order valence-electron chi connectivity index (χ0n) is 11.9. The van der Waals surface area contributed by atoms with Crippen molar-refractivity contribution in [2.75, 3.05) is 37.8 Å². The number of β-amino-alcohol motifs (C(OH)–C–C–N with tert-alkyl or cyclic N) is 1. The van der Waals surface area contributed by atoms with Gasteiger partial charge in [0.15, 0.2) is 0 Å². The lowest BCUT2D eigenvalue weighted by atomic mass is 10.1. The summed E-state index contributed by atoms with van der Waals surface area (Å²) in [5.41, 5.74) is 13.1. The van der Waals surface area contributed by atoms with Crippen molar-refractivity contribution in [3.63, 3.8) is 0 Å². The molecule has 1 amide bonds. The SMILES string of the molecule is CN(C)CC1CC(O)CN1c1cc(C(N)=O)ccc1N. The Hall–Kier alpha value is -1.79. The third-order valence-electron chi connectivity index (χ3n) is 3.59. The first kappa shape index (κ1) is 14.6. The molecule has 0 aromatic heterocycles. The van der Waals surface area contributed by atoms with Crippen molar-refractivity contribution in [1.29, 1.82) is 0 Å². The first-order valence-electron chi connectivity index (χ1n) is 6.67. The van der Waals surface area contributed by atoms with Crippen LogP contribution >= 0.6 is 0 Å². The van der Waals surface area contributed by atoms with Crippen molar-refractivity contribution in [1.82, 2.24) is 4.90 Å². The van der Waals surface area contributed by atoms with Crippen LogP contribution in [0.2, 0.25) is 0 Å². The van der Waals surface area contributed by atoms with E-state index >= 15 is 0 Å². The third kappa shape index (κ3) is 3.02. The van der Waals surface area contributed by atoms with Crippen molar-refractivity contribution >= 4 is 17.3 Å². The molecular weight excluding hydrogens is 256 g/mol. The number of carbonyl (C=O) groups is 1. The number of hydrogen-bond donors (Lipinski definition) is 3. The van der Waals surface area contributed by atoms with Crippen LogP contribution in [0.4, 0.5) is 11.4 Å². The number of aliphatic hydroxyl groups excluding tert-OH is 1. The Bertz CT molecular complexity index is 504. The number of nitrogen functional groups attached to an aromatic ring is 1. The Morgan fingerprint density at radius 2 is 2.20 bits per heavy atom. The van der Waals surface area contributed by atoms with Gasteiger partial charge in [0.1, 0.15) is 0 Å². The van der Waals surface area contributed by atoms with Crippen molar-refractivity contribution in [3.05, 3.63) is 23.8 Å². The Balaban J connectivity index is 2.33. The Labute approximate surface area is 119 Å². The Morgan fingerprint density at radius 1 is 1.50 bits per heavy atom. The van der Waals surface area contributed by atoms with Crippen LogP contribution in [0.5, 0.6) is 0 Å². The Kier molecular flexibility index (Phi) is 4.15. The number of benzene rings is 1. The molecule has 1 heterocycles. The minimum absolute atomic E-state index is 0.172. The Morgan fingerprint density at radius 3 is 2.80 bits per heavy atom. The molecule has 2 unspecified atom stereocenters. The predicted molar refractivity (Wildman–Crippen MR) is 79.7 cm³/mol. The number of hydrogen-bond acceptors (Lipinski definition) is 5. The van der Waals surface area contributed by atoms with Crippen molar-refractivity contribution in [3.8, 4) is 0 Å². The number of likely N-dealkylation sites (N-methyl/N-ethyl adjacent to an activating group) is 1. The largest absolute Gasteiger partial charge is 0.397 e. The maximum atomic E-state index is 11.3. The van der Waals surface area contributed by atoms with Crippen LogP contribution < -0.4 is 16.4 Å². The highest BCUT2D eigenvalue weighted by atomic mass is 16.3. The van der Waals surface area contributed by atoms with Gasteiger partial charge in [-0.1, -0.05) is 0 Å². The molecule has 20 heavy (non-hydrogen) atoms. The van der Waals surface area contributed by atoms with Crippen molar-refractivity contribution in [2.45, 2.75) is 18.6 Å². The molecule has 2 rings (SSSR count). The van der Waals surface area contributed by atoms with Crippen LogP contribution in [0.15, 0.2) is 18.2 Å². The van der Waals surface area contributed by atoms with E-state index in [1.165, 1.54) is 0 Å². The normalized spacial score (nSPS) is 22.5. The summed E-state index contributed by atoms with van der Waals surface area (Å²) < 4.78 is 0. The van der Waals surface area contributed by atoms with Gasteiger partial charge in [0.25, 0.3) is 0 Å². The lowest BCUT2D eigenvalue weighted by Gasteiger charge is -2.30. The molecule has 0 bridgehead atoms. The molecule has 6 heteroatoms. The number of primary amides is 1. The van der Waals surface area contributed by atoms with Crippen molar-refractivity contribution < 1.29 is 9.90 Å². The summed E-state index contributed by atoms with van der Waals surface area (Å²) in [5.74, 6) is -0.477. The average Bonchev–Trinajstić information content (AvgIpc) is 2.69. The van der Waals surface area contributed by atoms with Gasteiger partial charge in [-0.3, -0.25) is 4.79 Å². The summed E-state index contributed by atoms with van der Waals surface area (Å²) in [6.07, 6.45) is 0.315.